The van der Waals surface area contributed by atoms with Gasteiger partial charge in [0.15, 0.2) is 0 Å². The van der Waals surface area contributed by atoms with Crippen molar-refractivity contribution in [3.63, 3.8) is 0 Å². The molecule has 1 aromatic heterocycles. The Hall–Kier alpha value is -2.33. The Kier molecular flexibility index (Phi) is 7.19. The molecular weight excluding hydrogens is 314 g/mol. The summed E-state index contributed by atoms with van der Waals surface area (Å²) in [5, 5.41) is 10.2. The van der Waals surface area contributed by atoms with Gasteiger partial charge in [0.2, 0.25) is 0 Å². The van der Waals surface area contributed by atoms with Gasteiger partial charge in [-0.05, 0) is 51.5 Å². The predicted molar refractivity (Wildman–Crippen MR) is 106 cm³/mol. The van der Waals surface area contributed by atoms with Crippen LogP contribution in [0, 0.1) is 0 Å². The molecule has 2 rings (SSSR count). The molecule has 1 aromatic carbocycles. The molecule has 2 aromatic rings. The van der Waals surface area contributed by atoms with Gasteiger partial charge in [0, 0.05) is 10.9 Å². The van der Waals surface area contributed by atoms with Crippen LogP contribution in [-0.4, -0.2) is 21.4 Å². The molecule has 0 fully saturated rings. The number of benzene rings is 1. The largest absolute Gasteiger partial charge is 0.443 e. The number of rotatable bonds is 3. The number of carbonyl (C=O) groups is 1. The van der Waals surface area contributed by atoms with Crippen LogP contribution in [-0.2, 0) is 11.3 Å². The van der Waals surface area contributed by atoms with E-state index in [0.29, 0.717) is 0 Å². The van der Waals surface area contributed by atoms with E-state index in [1.807, 2.05) is 65.8 Å². The first-order chi connectivity index (χ1) is 11.8. The molecule has 0 saturated heterocycles. The van der Waals surface area contributed by atoms with Gasteiger partial charge < -0.3 is 9.84 Å². The highest BCUT2D eigenvalue weighted by Gasteiger charge is 2.23. The maximum absolute atomic E-state index is 12.7. The molecule has 0 bridgehead atoms. The summed E-state index contributed by atoms with van der Waals surface area (Å²) in [5.74, 6) is 0. The lowest BCUT2D eigenvalue weighted by Gasteiger charge is -2.20. The second-order valence-corrected chi connectivity index (χ2v) is 6.33. The molecule has 0 aliphatic rings. The number of hydrogen-bond donors (Lipinski definition) is 1. The minimum absolute atomic E-state index is 0.0525. The van der Waals surface area contributed by atoms with Gasteiger partial charge in [-0.2, -0.15) is 0 Å². The Morgan fingerprint density at radius 2 is 1.96 bits per heavy atom. The van der Waals surface area contributed by atoms with Crippen molar-refractivity contribution in [1.29, 1.82) is 0 Å². The number of aromatic nitrogens is 1. The Morgan fingerprint density at radius 3 is 2.44 bits per heavy atom. The second-order valence-electron chi connectivity index (χ2n) is 6.33. The SMILES string of the molecule is C=Cc1c(/C=C\C)n(C(=O)OC(C)(C)C)c2ccc(CO)cc12.CC. The molecule has 0 aliphatic heterocycles. The molecule has 0 atom stereocenters. The highest BCUT2D eigenvalue weighted by molar-refractivity contribution is 6.00. The maximum Gasteiger partial charge on any atom is 0.419 e. The van der Waals surface area contributed by atoms with E-state index in [2.05, 4.69) is 6.58 Å². The highest BCUT2D eigenvalue weighted by atomic mass is 16.6. The third-order valence-electron chi connectivity index (χ3n) is 3.40. The first-order valence-corrected chi connectivity index (χ1v) is 8.59. The number of nitrogens with zero attached hydrogens (tertiary/aromatic N) is 1. The normalized spacial score (nSPS) is 11.3. The van der Waals surface area contributed by atoms with Crippen molar-refractivity contribution in [1.82, 2.24) is 4.57 Å². The van der Waals surface area contributed by atoms with Crippen LogP contribution in [0.4, 0.5) is 4.79 Å². The first kappa shape index (κ1) is 20.7. The molecule has 25 heavy (non-hydrogen) atoms. The molecule has 1 heterocycles. The first-order valence-electron chi connectivity index (χ1n) is 8.59. The van der Waals surface area contributed by atoms with Crippen molar-refractivity contribution in [3.8, 4) is 0 Å². The molecule has 0 spiro atoms. The van der Waals surface area contributed by atoms with Crippen LogP contribution in [0.25, 0.3) is 23.1 Å². The van der Waals surface area contributed by atoms with E-state index in [1.54, 1.807) is 16.7 Å². The predicted octanol–water partition coefficient (Wildman–Crippen LogP) is 5.62. The van der Waals surface area contributed by atoms with Crippen molar-refractivity contribution in [2.45, 2.75) is 53.8 Å². The quantitative estimate of drug-likeness (QED) is 0.787. The molecule has 0 radical (unpaired) electrons. The highest BCUT2D eigenvalue weighted by Crippen LogP contribution is 2.30. The van der Waals surface area contributed by atoms with Crippen LogP contribution in [0.5, 0.6) is 0 Å². The Labute approximate surface area is 150 Å². The number of aliphatic hydroxyl groups is 1. The fourth-order valence-electron chi connectivity index (χ4n) is 2.52. The second kappa shape index (κ2) is 8.67. The van der Waals surface area contributed by atoms with Crippen molar-refractivity contribution >= 4 is 29.1 Å². The molecule has 0 saturated carbocycles. The average Bonchev–Trinajstić information content (AvgIpc) is 2.87. The molecule has 0 unspecified atom stereocenters. The third-order valence-corrected chi connectivity index (χ3v) is 3.40. The van der Waals surface area contributed by atoms with Gasteiger partial charge in [-0.1, -0.05) is 38.6 Å². The summed E-state index contributed by atoms with van der Waals surface area (Å²) in [4.78, 5) is 12.7. The Balaban J connectivity index is 0.00000151. The van der Waals surface area contributed by atoms with Crippen LogP contribution in [0.1, 0.15) is 58.4 Å². The zero-order valence-electron chi connectivity index (χ0n) is 16.1. The van der Waals surface area contributed by atoms with Gasteiger partial charge in [-0.3, -0.25) is 0 Å². The molecule has 136 valence electrons. The minimum atomic E-state index is -0.583. The van der Waals surface area contributed by atoms with E-state index in [9.17, 15) is 9.90 Å². The van der Waals surface area contributed by atoms with Crippen molar-refractivity contribution in [2.75, 3.05) is 0 Å². The van der Waals surface area contributed by atoms with Crippen LogP contribution < -0.4 is 0 Å². The lowest BCUT2D eigenvalue weighted by atomic mass is 10.1. The van der Waals surface area contributed by atoms with Gasteiger partial charge in [-0.15, -0.1) is 0 Å². The Bertz CT molecular complexity index is 777. The summed E-state index contributed by atoms with van der Waals surface area (Å²) in [6, 6.07) is 5.50. The summed E-state index contributed by atoms with van der Waals surface area (Å²) >= 11 is 0. The smallest absolute Gasteiger partial charge is 0.419 e. The molecule has 4 heteroatoms. The van der Waals surface area contributed by atoms with E-state index in [0.717, 1.165) is 27.7 Å². The van der Waals surface area contributed by atoms with E-state index in [1.165, 1.54) is 0 Å². The number of allylic oxidation sites excluding steroid dienone is 1. The van der Waals surface area contributed by atoms with Crippen molar-refractivity contribution < 1.29 is 14.6 Å². The maximum atomic E-state index is 12.7. The summed E-state index contributed by atoms with van der Waals surface area (Å²) in [5.41, 5.74) is 2.51. The van der Waals surface area contributed by atoms with Crippen LogP contribution in [0.15, 0.2) is 30.9 Å². The molecule has 0 aliphatic carbocycles. The molecule has 0 amide bonds. The molecule has 1 N–H and O–H groups in total. The van der Waals surface area contributed by atoms with Crippen molar-refractivity contribution in [2.24, 2.45) is 0 Å². The van der Waals surface area contributed by atoms with E-state index < -0.39 is 11.7 Å². The summed E-state index contributed by atoms with van der Waals surface area (Å²) in [7, 11) is 0. The van der Waals surface area contributed by atoms with Crippen molar-refractivity contribution in [3.05, 3.63) is 47.7 Å². The number of ether oxygens (including phenoxy) is 1. The third kappa shape index (κ3) is 4.60. The minimum Gasteiger partial charge on any atom is -0.443 e. The monoisotopic (exact) mass is 343 g/mol. The van der Waals surface area contributed by atoms with Gasteiger partial charge in [0.05, 0.1) is 17.8 Å². The fraction of sp³-hybridized carbons (Fsp3) is 0.381. The number of fused-ring (bicyclic) bond motifs is 1. The summed E-state index contributed by atoms with van der Waals surface area (Å²) in [6.07, 6.45) is 5.02. The van der Waals surface area contributed by atoms with Gasteiger partial charge >= 0.3 is 6.09 Å². The standard InChI is InChI=1S/C19H23NO3.C2H6/c1-6-8-16-14(7-2)15-11-13(12-21)9-10-17(15)20(16)18(22)23-19(3,4)5;1-2/h6-11,21H,2,12H2,1,3-5H3;1-2H3/b8-6-;. The molecular formula is C21H29NO3. The summed E-state index contributed by atoms with van der Waals surface area (Å²) < 4.78 is 7.09. The topological polar surface area (TPSA) is 51.5 Å². The van der Waals surface area contributed by atoms with E-state index in [-0.39, 0.29) is 6.61 Å². The van der Waals surface area contributed by atoms with Crippen LogP contribution >= 0.6 is 0 Å². The van der Waals surface area contributed by atoms with Gasteiger partial charge in [0.25, 0.3) is 0 Å². The number of aliphatic hydroxyl groups excluding tert-OH is 1. The van der Waals surface area contributed by atoms with E-state index >= 15 is 0 Å². The zero-order chi connectivity index (χ0) is 19.2. The average molecular weight is 343 g/mol. The summed E-state index contributed by atoms with van der Waals surface area (Å²) in [6.45, 7) is 15.2. The van der Waals surface area contributed by atoms with Crippen LogP contribution in [0.3, 0.4) is 0 Å². The lowest BCUT2D eigenvalue weighted by Crippen LogP contribution is -2.27. The van der Waals surface area contributed by atoms with Gasteiger partial charge in [0.1, 0.15) is 5.60 Å². The fourth-order valence-corrected chi connectivity index (χ4v) is 2.52. The van der Waals surface area contributed by atoms with Gasteiger partial charge in [-0.25, -0.2) is 9.36 Å². The lowest BCUT2D eigenvalue weighted by molar-refractivity contribution is 0.0543. The number of hydrogen-bond acceptors (Lipinski definition) is 3. The van der Waals surface area contributed by atoms with Crippen LogP contribution in [0.2, 0.25) is 0 Å². The van der Waals surface area contributed by atoms with E-state index in [4.69, 9.17) is 4.74 Å². The zero-order valence-corrected chi connectivity index (χ0v) is 16.1. The molecule has 4 nitrogen and oxygen atoms in total. The number of carbonyl (C=O) groups excluding carboxylic acids is 1. The Morgan fingerprint density at radius 1 is 1.32 bits per heavy atom.